The highest BCUT2D eigenvalue weighted by Crippen LogP contribution is 2.34. The quantitative estimate of drug-likeness (QED) is 0.896. The zero-order valence-electron chi connectivity index (χ0n) is 9.83. The molecule has 1 saturated carbocycles. The van der Waals surface area contributed by atoms with Crippen LogP contribution in [0.1, 0.15) is 37.1 Å². The number of hydrogen-bond donors (Lipinski definition) is 2. The summed E-state index contributed by atoms with van der Waals surface area (Å²) in [6.07, 6.45) is -1.94. The second-order valence-electron chi connectivity index (χ2n) is 4.57. The number of carbonyl (C=O) groups excluding carboxylic acids is 1. The summed E-state index contributed by atoms with van der Waals surface area (Å²) in [5.41, 5.74) is -1.04. The van der Waals surface area contributed by atoms with Crippen molar-refractivity contribution in [1.29, 1.82) is 0 Å². The van der Waals surface area contributed by atoms with Gasteiger partial charge in [0.2, 0.25) is 16.0 Å². The van der Waals surface area contributed by atoms with Crippen LogP contribution in [0.4, 0.5) is 18.3 Å². The first-order valence-corrected chi connectivity index (χ1v) is 6.53. The van der Waals surface area contributed by atoms with Gasteiger partial charge in [0.05, 0.1) is 12.0 Å². The van der Waals surface area contributed by atoms with Crippen LogP contribution in [0, 0.1) is 0 Å². The molecular formula is C10H12F3N3O2S. The van der Waals surface area contributed by atoms with E-state index in [1.807, 2.05) is 0 Å². The smallest absolute Gasteiger partial charge is 0.389 e. The standard InChI is InChI=1S/C10H12F3N3O2S/c11-10(12,13)7-15-16-8(19-7)14-6(17)5-9(18)3-1-2-4-9/h18H,1-5H2,(H,14,16,17). The zero-order chi connectivity index (χ0) is 14.1. The number of anilines is 1. The Morgan fingerprint density at radius 2 is 2.00 bits per heavy atom. The predicted molar refractivity (Wildman–Crippen MR) is 61.6 cm³/mol. The monoisotopic (exact) mass is 295 g/mol. The Hall–Kier alpha value is -1.22. The van der Waals surface area contributed by atoms with E-state index in [1.165, 1.54) is 0 Å². The number of hydrogen-bond acceptors (Lipinski definition) is 5. The molecule has 0 radical (unpaired) electrons. The Kier molecular flexibility index (Phi) is 3.77. The van der Waals surface area contributed by atoms with E-state index in [0.717, 1.165) is 12.8 Å². The summed E-state index contributed by atoms with van der Waals surface area (Å²) in [6, 6.07) is 0. The van der Waals surface area contributed by atoms with Crippen molar-refractivity contribution in [3.63, 3.8) is 0 Å². The van der Waals surface area contributed by atoms with Crippen LogP contribution < -0.4 is 5.32 Å². The third kappa shape index (κ3) is 3.63. The SMILES string of the molecule is O=C(CC1(O)CCCC1)Nc1nnc(C(F)(F)F)s1. The van der Waals surface area contributed by atoms with Crippen molar-refractivity contribution >= 4 is 22.4 Å². The van der Waals surface area contributed by atoms with Gasteiger partial charge in [-0.3, -0.25) is 4.79 Å². The van der Waals surface area contributed by atoms with E-state index < -0.39 is 22.7 Å². The van der Waals surface area contributed by atoms with Gasteiger partial charge in [-0.25, -0.2) is 0 Å². The first-order chi connectivity index (χ1) is 8.78. The van der Waals surface area contributed by atoms with E-state index >= 15 is 0 Å². The van der Waals surface area contributed by atoms with Gasteiger partial charge in [-0.05, 0) is 12.8 Å². The average Bonchev–Trinajstić information content (AvgIpc) is 2.86. The van der Waals surface area contributed by atoms with Crippen LogP contribution in [-0.4, -0.2) is 26.8 Å². The number of nitrogens with one attached hydrogen (secondary N) is 1. The second-order valence-corrected chi connectivity index (χ2v) is 5.54. The van der Waals surface area contributed by atoms with E-state index in [4.69, 9.17) is 0 Å². The van der Waals surface area contributed by atoms with Gasteiger partial charge in [-0.15, -0.1) is 10.2 Å². The molecule has 1 aromatic heterocycles. The number of aliphatic hydroxyl groups is 1. The Morgan fingerprint density at radius 3 is 2.53 bits per heavy atom. The zero-order valence-corrected chi connectivity index (χ0v) is 10.6. The van der Waals surface area contributed by atoms with Gasteiger partial charge in [-0.2, -0.15) is 13.2 Å². The molecule has 1 amide bonds. The minimum absolute atomic E-state index is 0.131. The van der Waals surface area contributed by atoms with Gasteiger partial charge < -0.3 is 10.4 Å². The van der Waals surface area contributed by atoms with Crippen molar-refractivity contribution in [3.8, 4) is 0 Å². The van der Waals surface area contributed by atoms with E-state index in [0.29, 0.717) is 12.8 Å². The fourth-order valence-corrected chi connectivity index (χ4v) is 2.69. The predicted octanol–water partition coefficient (Wildman–Crippen LogP) is 2.19. The Morgan fingerprint density at radius 1 is 1.37 bits per heavy atom. The molecule has 106 valence electrons. The molecule has 1 aromatic rings. The molecule has 1 fully saturated rings. The molecule has 0 unspecified atom stereocenters. The highest BCUT2D eigenvalue weighted by molar-refractivity contribution is 7.15. The molecule has 2 N–H and O–H groups in total. The average molecular weight is 295 g/mol. The molecule has 0 aliphatic heterocycles. The molecule has 5 nitrogen and oxygen atoms in total. The number of rotatable bonds is 3. The summed E-state index contributed by atoms with van der Waals surface area (Å²) < 4.78 is 36.8. The van der Waals surface area contributed by atoms with Crippen LogP contribution in [-0.2, 0) is 11.0 Å². The molecule has 19 heavy (non-hydrogen) atoms. The van der Waals surface area contributed by atoms with Crippen molar-refractivity contribution in [2.45, 2.75) is 43.9 Å². The van der Waals surface area contributed by atoms with Gasteiger partial charge >= 0.3 is 6.18 Å². The molecule has 0 bridgehead atoms. The lowest BCUT2D eigenvalue weighted by molar-refractivity contribution is -0.138. The Balaban J connectivity index is 1.94. The number of amides is 1. The number of nitrogens with zero attached hydrogens (tertiary/aromatic N) is 2. The molecule has 2 rings (SSSR count). The summed E-state index contributed by atoms with van der Waals surface area (Å²) in [6.45, 7) is 0. The lowest BCUT2D eigenvalue weighted by Gasteiger charge is -2.20. The first-order valence-electron chi connectivity index (χ1n) is 5.71. The molecule has 0 aromatic carbocycles. The Labute approximate surface area is 110 Å². The largest absolute Gasteiger partial charge is 0.445 e. The van der Waals surface area contributed by atoms with E-state index in [9.17, 15) is 23.1 Å². The fraction of sp³-hybridized carbons (Fsp3) is 0.700. The second kappa shape index (κ2) is 5.04. The maximum Gasteiger partial charge on any atom is 0.445 e. The van der Waals surface area contributed by atoms with Gasteiger partial charge in [-0.1, -0.05) is 24.2 Å². The normalized spacial score (nSPS) is 18.5. The third-order valence-electron chi connectivity index (χ3n) is 2.94. The highest BCUT2D eigenvalue weighted by atomic mass is 32.1. The Bertz CT molecular complexity index is 469. The van der Waals surface area contributed by atoms with Crippen molar-refractivity contribution in [2.24, 2.45) is 0 Å². The lowest BCUT2D eigenvalue weighted by atomic mass is 9.98. The molecule has 1 heterocycles. The molecule has 9 heteroatoms. The van der Waals surface area contributed by atoms with Gasteiger partial charge in [0.1, 0.15) is 0 Å². The maximum absolute atomic E-state index is 12.3. The molecule has 0 saturated heterocycles. The van der Waals surface area contributed by atoms with Crippen molar-refractivity contribution in [3.05, 3.63) is 5.01 Å². The minimum atomic E-state index is -4.57. The van der Waals surface area contributed by atoms with Crippen molar-refractivity contribution in [2.75, 3.05) is 5.32 Å². The summed E-state index contributed by atoms with van der Waals surface area (Å²) >= 11 is 0.264. The molecule has 1 aliphatic carbocycles. The summed E-state index contributed by atoms with van der Waals surface area (Å²) in [5, 5.41) is 17.1. The van der Waals surface area contributed by atoms with Crippen LogP contribution in [0.3, 0.4) is 0 Å². The number of halogens is 3. The minimum Gasteiger partial charge on any atom is -0.389 e. The highest BCUT2D eigenvalue weighted by Gasteiger charge is 2.36. The van der Waals surface area contributed by atoms with E-state index in [1.54, 1.807) is 0 Å². The van der Waals surface area contributed by atoms with Gasteiger partial charge in [0.25, 0.3) is 0 Å². The number of carbonyl (C=O) groups is 1. The summed E-state index contributed by atoms with van der Waals surface area (Å²) in [4.78, 5) is 11.6. The molecular weight excluding hydrogens is 283 g/mol. The summed E-state index contributed by atoms with van der Waals surface area (Å²) in [7, 11) is 0. The van der Waals surface area contributed by atoms with Crippen LogP contribution in [0.5, 0.6) is 0 Å². The molecule has 1 aliphatic rings. The van der Waals surface area contributed by atoms with E-state index in [-0.39, 0.29) is 22.9 Å². The summed E-state index contributed by atoms with van der Waals surface area (Å²) in [5.74, 6) is -0.547. The topological polar surface area (TPSA) is 75.1 Å². The van der Waals surface area contributed by atoms with Gasteiger partial charge in [0.15, 0.2) is 0 Å². The van der Waals surface area contributed by atoms with Crippen LogP contribution in [0.25, 0.3) is 0 Å². The van der Waals surface area contributed by atoms with Crippen molar-refractivity contribution < 1.29 is 23.1 Å². The van der Waals surface area contributed by atoms with Crippen LogP contribution in [0.15, 0.2) is 0 Å². The molecule has 0 atom stereocenters. The molecule has 0 spiro atoms. The van der Waals surface area contributed by atoms with Gasteiger partial charge in [0, 0.05) is 0 Å². The number of alkyl halides is 3. The van der Waals surface area contributed by atoms with Crippen LogP contribution >= 0.6 is 11.3 Å². The maximum atomic E-state index is 12.3. The van der Waals surface area contributed by atoms with Crippen LogP contribution in [0.2, 0.25) is 0 Å². The van der Waals surface area contributed by atoms with Crippen molar-refractivity contribution in [1.82, 2.24) is 10.2 Å². The fourth-order valence-electron chi connectivity index (χ4n) is 2.06. The third-order valence-corrected chi connectivity index (χ3v) is 3.82. The first kappa shape index (κ1) is 14.2. The number of aromatic nitrogens is 2. The lowest BCUT2D eigenvalue weighted by Crippen LogP contribution is -2.30. The van der Waals surface area contributed by atoms with E-state index in [2.05, 4.69) is 15.5 Å².